The SMILES string of the molecule is C[C@H]1O[C@@H](n2cnc3c(SCc4ccc(C(=N)N)cc4)ncnc32)[C@H](O)[C@@H]1O. The summed E-state index contributed by atoms with van der Waals surface area (Å²) in [4.78, 5) is 13.0. The predicted molar refractivity (Wildman–Crippen MR) is 104 cm³/mol. The van der Waals surface area contributed by atoms with E-state index in [-0.39, 0.29) is 5.84 Å². The highest BCUT2D eigenvalue weighted by Crippen LogP contribution is 2.33. The Hall–Kier alpha value is -2.53. The van der Waals surface area contributed by atoms with Crippen LogP contribution in [0.3, 0.4) is 0 Å². The number of hydrogen-bond acceptors (Lipinski definition) is 8. The van der Waals surface area contributed by atoms with Crippen LogP contribution in [0.4, 0.5) is 0 Å². The Morgan fingerprint density at radius 2 is 1.96 bits per heavy atom. The molecule has 146 valence electrons. The molecule has 3 heterocycles. The number of aliphatic hydroxyl groups excluding tert-OH is 2. The van der Waals surface area contributed by atoms with Gasteiger partial charge in [0.2, 0.25) is 0 Å². The third-order valence-corrected chi connectivity index (χ3v) is 5.77. The van der Waals surface area contributed by atoms with E-state index in [4.69, 9.17) is 15.9 Å². The van der Waals surface area contributed by atoms with Gasteiger partial charge in [-0.15, -0.1) is 0 Å². The van der Waals surface area contributed by atoms with Gasteiger partial charge in [-0.2, -0.15) is 0 Å². The lowest BCUT2D eigenvalue weighted by Crippen LogP contribution is -2.30. The fourth-order valence-electron chi connectivity index (χ4n) is 3.11. The van der Waals surface area contributed by atoms with Crippen LogP contribution in [-0.2, 0) is 10.5 Å². The van der Waals surface area contributed by atoms with Gasteiger partial charge in [0.1, 0.15) is 34.9 Å². The minimum atomic E-state index is -1.06. The molecule has 0 bridgehead atoms. The molecule has 0 saturated carbocycles. The molecule has 0 aliphatic carbocycles. The van der Waals surface area contributed by atoms with Crippen LogP contribution in [-0.4, -0.2) is 53.9 Å². The smallest absolute Gasteiger partial charge is 0.166 e. The van der Waals surface area contributed by atoms with Gasteiger partial charge in [0.15, 0.2) is 11.9 Å². The van der Waals surface area contributed by atoms with E-state index in [1.165, 1.54) is 18.1 Å². The quantitative estimate of drug-likeness (QED) is 0.215. The molecule has 2 aromatic heterocycles. The molecule has 0 unspecified atom stereocenters. The van der Waals surface area contributed by atoms with Crippen LogP contribution < -0.4 is 5.73 Å². The summed E-state index contributed by atoms with van der Waals surface area (Å²) in [5, 5.41) is 28.4. The highest BCUT2D eigenvalue weighted by molar-refractivity contribution is 7.98. The Morgan fingerprint density at radius 3 is 2.61 bits per heavy atom. The molecule has 9 nitrogen and oxygen atoms in total. The van der Waals surface area contributed by atoms with Crippen molar-refractivity contribution >= 4 is 28.8 Å². The lowest BCUT2D eigenvalue weighted by Gasteiger charge is -2.16. The van der Waals surface area contributed by atoms with Crippen molar-refractivity contribution < 1.29 is 14.9 Å². The number of nitrogen functional groups attached to an aromatic ring is 1. The molecular formula is C18H20N6O3S. The number of nitrogens with two attached hydrogens (primary N) is 1. The van der Waals surface area contributed by atoms with Crippen molar-refractivity contribution in [3.05, 3.63) is 48.0 Å². The van der Waals surface area contributed by atoms with E-state index in [9.17, 15) is 10.2 Å². The highest BCUT2D eigenvalue weighted by Gasteiger charge is 2.42. The van der Waals surface area contributed by atoms with E-state index >= 15 is 0 Å². The second-order valence-electron chi connectivity index (χ2n) is 6.62. The number of benzene rings is 1. The van der Waals surface area contributed by atoms with Crippen LogP contribution in [0, 0.1) is 5.41 Å². The van der Waals surface area contributed by atoms with Gasteiger partial charge in [0.25, 0.3) is 0 Å². The molecule has 0 amide bonds. The summed E-state index contributed by atoms with van der Waals surface area (Å²) in [6, 6.07) is 7.47. The maximum atomic E-state index is 10.2. The lowest BCUT2D eigenvalue weighted by molar-refractivity contribution is -0.0299. The number of hydrogen-bond donors (Lipinski definition) is 4. The van der Waals surface area contributed by atoms with Gasteiger partial charge in [0, 0.05) is 11.3 Å². The van der Waals surface area contributed by atoms with Crippen molar-refractivity contribution in [1.82, 2.24) is 19.5 Å². The molecule has 1 aliphatic heterocycles. The number of fused-ring (bicyclic) bond motifs is 1. The molecule has 0 spiro atoms. The molecule has 1 fully saturated rings. The van der Waals surface area contributed by atoms with Crippen LogP contribution >= 0.6 is 11.8 Å². The Bertz CT molecular complexity index is 1010. The summed E-state index contributed by atoms with van der Waals surface area (Å²) in [5.41, 5.74) is 8.37. The lowest BCUT2D eigenvalue weighted by atomic mass is 10.1. The average molecular weight is 400 g/mol. The van der Waals surface area contributed by atoms with Gasteiger partial charge in [0.05, 0.1) is 12.4 Å². The first-order chi connectivity index (χ1) is 13.5. The first kappa shape index (κ1) is 18.8. The van der Waals surface area contributed by atoms with Gasteiger partial charge in [-0.3, -0.25) is 9.98 Å². The molecule has 1 aromatic carbocycles. The Labute approximate surface area is 165 Å². The minimum absolute atomic E-state index is 0.0398. The molecule has 0 radical (unpaired) electrons. The number of aliphatic hydroxyl groups is 2. The monoisotopic (exact) mass is 400 g/mol. The second kappa shape index (κ2) is 7.47. The van der Waals surface area contributed by atoms with E-state index in [1.807, 2.05) is 24.3 Å². The minimum Gasteiger partial charge on any atom is -0.388 e. The van der Waals surface area contributed by atoms with Crippen molar-refractivity contribution in [2.24, 2.45) is 5.73 Å². The summed E-state index contributed by atoms with van der Waals surface area (Å²) in [7, 11) is 0. The van der Waals surface area contributed by atoms with Crippen LogP contribution in [0.15, 0.2) is 41.9 Å². The van der Waals surface area contributed by atoms with Gasteiger partial charge >= 0.3 is 0 Å². The largest absolute Gasteiger partial charge is 0.388 e. The van der Waals surface area contributed by atoms with Crippen molar-refractivity contribution in [3.8, 4) is 0 Å². The number of imidazole rings is 1. The van der Waals surface area contributed by atoms with Gasteiger partial charge in [-0.25, -0.2) is 15.0 Å². The number of thioether (sulfide) groups is 1. The maximum absolute atomic E-state index is 10.2. The predicted octanol–water partition coefficient (Wildman–Crippen LogP) is 1.04. The normalized spacial score (nSPS) is 24.7. The zero-order chi connectivity index (χ0) is 19.8. The number of ether oxygens (including phenoxy) is 1. The molecular weight excluding hydrogens is 380 g/mol. The standard InChI is InChI=1S/C18H20N6O3S/c1-9-13(25)14(26)18(27-9)24-8-23-12-16(24)21-7-22-17(12)28-6-10-2-4-11(5-3-10)15(19)20/h2-5,7-9,13-14,18,25-26H,6H2,1H3,(H3,19,20)/t9-,13-,14-,18-/m1/s1. The van der Waals surface area contributed by atoms with E-state index in [0.717, 1.165) is 5.56 Å². The van der Waals surface area contributed by atoms with Crippen molar-refractivity contribution in [2.45, 2.75) is 42.2 Å². The molecule has 1 aliphatic rings. The molecule has 5 N–H and O–H groups in total. The molecule has 28 heavy (non-hydrogen) atoms. The molecule has 4 atom stereocenters. The molecule has 3 aromatic rings. The zero-order valence-corrected chi connectivity index (χ0v) is 15.9. The summed E-state index contributed by atoms with van der Waals surface area (Å²) >= 11 is 1.51. The highest BCUT2D eigenvalue weighted by atomic mass is 32.2. The fraction of sp³-hybridized carbons (Fsp3) is 0.333. The summed E-state index contributed by atoms with van der Waals surface area (Å²) in [5.74, 6) is 0.702. The molecule has 10 heteroatoms. The van der Waals surface area contributed by atoms with Crippen molar-refractivity contribution in [2.75, 3.05) is 0 Å². The Balaban J connectivity index is 1.56. The maximum Gasteiger partial charge on any atom is 0.166 e. The molecule has 4 rings (SSSR count). The van der Waals surface area contributed by atoms with Crippen LogP contribution in [0.2, 0.25) is 0 Å². The third-order valence-electron chi connectivity index (χ3n) is 4.72. The number of amidine groups is 1. The van der Waals surface area contributed by atoms with Gasteiger partial charge in [-0.05, 0) is 12.5 Å². The van der Waals surface area contributed by atoms with Gasteiger partial charge in [-0.1, -0.05) is 36.0 Å². The van der Waals surface area contributed by atoms with Gasteiger partial charge < -0.3 is 20.7 Å². The zero-order valence-electron chi connectivity index (χ0n) is 15.1. The third kappa shape index (κ3) is 3.35. The topological polar surface area (TPSA) is 143 Å². The number of nitrogens with zero attached hydrogens (tertiary/aromatic N) is 4. The Kier molecular flexibility index (Phi) is 5.02. The average Bonchev–Trinajstić information content (AvgIpc) is 3.23. The molecule has 1 saturated heterocycles. The van der Waals surface area contributed by atoms with Crippen molar-refractivity contribution in [3.63, 3.8) is 0 Å². The first-order valence-electron chi connectivity index (χ1n) is 8.71. The second-order valence-corrected chi connectivity index (χ2v) is 7.58. The summed E-state index contributed by atoms with van der Waals surface area (Å²) < 4.78 is 7.29. The summed E-state index contributed by atoms with van der Waals surface area (Å²) in [6.07, 6.45) is -0.255. The van der Waals surface area contributed by atoms with Crippen LogP contribution in [0.25, 0.3) is 11.2 Å². The number of nitrogens with one attached hydrogen (secondary N) is 1. The van der Waals surface area contributed by atoms with E-state index in [1.54, 1.807) is 17.8 Å². The van der Waals surface area contributed by atoms with E-state index < -0.39 is 24.5 Å². The first-order valence-corrected chi connectivity index (χ1v) is 9.69. The van der Waals surface area contributed by atoms with Crippen LogP contribution in [0.1, 0.15) is 24.3 Å². The Morgan fingerprint density at radius 1 is 1.21 bits per heavy atom. The van der Waals surface area contributed by atoms with E-state index in [2.05, 4.69) is 15.0 Å². The van der Waals surface area contributed by atoms with Crippen molar-refractivity contribution in [1.29, 1.82) is 5.41 Å². The fourth-order valence-corrected chi connectivity index (χ4v) is 4.01. The van der Waals surface area contributed by atoms with E-state index in [0.29, 0.717) is 27.5 Å². The van der Waals surface area contributed by atoms with Crippen LogP contribution in [0.5, 0.6) is 0 Å². The summed E-state index contributed by atoms with van der Waals surface area (Å²) in [6.45, 7) is 1.71. The number of rotatable bonds is 5. The number of aromatic nitrogens is 4.